The Morgan fingerprint density at radius 1 is 0.735 bits per heavy atom. The third kappa shape index (κ3) is 14.2. The van der Waals surface area contributed by atoms with E-state index >= 15 is 0 Å². The second-order valence-corrected chi connectivity index (χ2v) is 23.2. The molecule has 18 nitrogen and oxygen atoms in total. The quantitative estimate of drug-likeness (QED) is 0.0237. The summed E-state index contributed by atoms with van der Waals surface area (Å²) in [5, 5.41) is 5.52. The number of hydrogen-bond donors (Lipinski definition) is 6. The number of nitrogens with one attached hydrogen (secondary N) is 2. The van der Waals surface area contributed by atoms with Gasteiger partial charge in [-0.15, -0.1) is 0 Å². The summed E-state index contributed by atoms with van der Waals surface area (Å²) in [6.07, 6.45) is 7.45. The van der Waals surface area contributed by atoms with Gasteiger partial charge in [0.1, 0.15) is 6.54 Å². The van der Waals surface area contributed by atoms with Gasteiger partial charge in [-0.1, -0.05) is 38.6 Å². The Morgan fingerprint density at radius 3 is 1.85 bits per heavy atom. The van der Waals surface area contributed by atoms with Gasteiger partial charge in [0, 0.05) is 71.7 Å². The number of anilines is 1. The largest absolute Gasteiger partial charge is 1.00 e. The van der Waals surface area contributed by atoms with Gasteiger partial charge >= 0.3 is 51.4 Å². The van der Waals surface area contributed by atoms with E-state index in [1.807, 2.05) is 27.7 Å². The molecule has 68 heavy (non-hydrogen) atoms. The van der Waals surface area contributed by atoms with Gasteiger partial charge in [-0.3, -0.25) is 27.8 Å². The SMILES string of the molecule is C=C(C)C(=O)NCCCNC(=O)c1ccc(C(C=CC2=[N+](CCCS(=O)(=O)O)c3ccc(S(=O)(=O)O)cc3C2(C)C)=CC=C2N(CCCS(=O)(=O)O)c3ccc(S(=O)(=O)O)cc3C2(C)C)cc1.[H-].[K+]. The fourth-order valence-electron chi connectivity index (χ4n) is 8.07. The van der Waals surface area contributed by atoms with E-state index in [4.69, 9.17) is 0 Å². The number of rotatable bonds is 20. The standard InChI is InChI=1S/C45H54N4O14S4.K.H/c1-30(2)42(50)46-22-7-23-47-43(51)33-12-10-31(11-13-33)32(14-20-40-44(3,4)36-28-34(66(58,59)60)16-18-38(36)48(40)24-8-26-64(52,53)54)15-21-41-45(5,6)37-29-35(67(61,62)63)17-19-39(37)49(41)25-9-27-65(55,56)57;;/h10-21,28-29H,1,7-9,22-27H2,2-6H3,(H5-,46,47,50,51,52,53,54,55,56,57,58,59,60,61,62,63);;/q;+1;-1/p+1. The molecule has 0 aromatic heterocycles. The van der Waals surface area contributed by atoms with Crippen molar-refractivity contribution in [1.29, 1.82) is 0 Å². The Hall–Kier alpha value is -3.69. The van der Waals surface area contributed by atoms with Gasteiger partial charge in [-0.05, 0) is 105 Å². The molecule has 0 spiro atoms. The number of benzene rings is 3. The summed E-state index contributed by atoms with van der Waals surface area (Å²) >= 11 is 0. The topological polar surface area (TPSA) is 282 Å². The first-order valence-electron chi connectivity index (χ1n) is 20.9. The van der Waals surface area contributed by atoms with Crippen LogP contribution in [-0.2, 0) is 56.1 Å². The fourth-order valence-corrected chi connectivity index (χ4v) is 10.1. The second kappa shape index (κ2) is 22.2. The predicted molar refractivity (Wildman–Crippen MR) is 255 cm³/mol. The Labute approximate surface area is 442 Å². The average Bonchev–Trinajstić information content (AvgIpc) is 3.56. The summed E-state index contributed by atoms with van der Waals surface area (Å²) in [4.78, 5) is 26.0. The number of hydrogen-bond acceptors (Lipinski definition) is 11. The van der Waals surface area contributed by atoms with Gasteiger partial charge in [0.15, 0.2) is 5.71 Å². The molecular weight excluding hydrogens is 988 g/mol. The molecule has 0 unspecified atom stereocenters. The number of nitrogens with zero attached hydrogens (tertiary/aromatic N) is 2. The zero-order valence-electron chi connectivity index (χ0n) is 39.6. The van der Waals surface area contributed by atoms with Gasteiger partial charge in [0.2, 0.25) is 11.6 Å². The van der Waals surface area contributed by atoms with E-state index in [1.165, 1.54) is 36.4 Å². The van der Waals surface area contributed by atoms with Crippen molar-refractivity contribution in [3.63, 3.8) is 0 Å². The number of amides is 2. The molecule has 0 bridgehead atoms. The van der Waals surface area contributed by atoms with Crippen LogP contribution < -0.4 is 66.9 Å². The summed E-state index contributed by atoms with van der Waals surface area (Å²) < 4.78 is 137. The summed E-state index contributed by atoms with van der Waals surface area (Å²) in [5.74, 6) is -1.78. The van der Waals surface area contributed by atoms with Crippen LogP contribution in [0.2, 0.25) is 0 Å². The molecule has 364 valence electrons. The van der Waals surface area contributed by atoms with Crippen molar-refractivity contribution >= 4 is 74.9 Å². The van der Waals surface area contributed by atoms with E-state index in [1.54, 1.807) is 65.0 Å². The average molecular weight is 1040 g/mol. The normalized spacial score (nSPS) is 16.4. The van der Waals surface area contributed by atoms with E-state index in [0.717, 1.165) is 0 Å². The van der Waals surface area contributed by atoms with Crippen molar-refractivity contribution in [2.75, 3.05) is 42.6 Å². The van der Waals surface area contributed by atoms with Gasteiger partial charge < -0.3 is 17.0 Å². The van der Waals surface area contributed by atoms with E-state index in [0.29, 0.717) is 69.1 Å². The minimum atomic E-state index is -4.61. The smallest absolute Gasteiger partial charge is 1.00 e. The van der Waals surface area contributed by atoms with Crippen LogP contribution in [0.4, 0.5) is 11.4 Å². The van der Waals surface area contributed by atoms with Crippen LogP contribution in [0.3, 0.4) is 0 Å². The van der Waals surface area contributed by atoms with E-state index in [9.17, 15) is 61.5 Å². The third-order valence-electron chi connectivity index (χ3n) is 11.5. The van der Waals surface area contributed by atoms with Gasteiger partial charge in [0.05, 0.1) is 26.7 Å². The zero-order chi connectivity index (χ0) is 49.9. The summed E-state index contributed by atoms with van der Waals surface area (Å²) in [6, 6.07) is 14.8. The van der Waals surface area contributed by atoms with Crippen LogP contribution in [0.5, 0.6) is 0 Å². The first kappa shape index (κ1) is 56.9. The maximum absolute atomic E-state index is 13.2. The van der Waals surface area contributed by atoms with Crippen molar-refractivity contribution in [3.8, 4) is 0 Å². The van der Waals surface area contributed by atoms with Gasteiger partial charge in [-0.25, -0.2) is 0 Å². The van der Waals surface area contributed by atoms with Crippen LogP contribution in [0.25, 0.3) is 5.57 Å². The monoisotopic (exact) mass is 1040 g/mol. The molecular formula is C45H56KN4O14S4+. The van der Waals surface area contributed by atoms with Crippen LogP contribution >= 0.6 is 0 Å². The first-order valence-corrected chi connectivity index (χ1v) is 27.0. The third-order valence-corrected chi connectivity index (χ3v) is 14.8. The summed E-state index contributed by atoms with van der Waals surface area (Å²) in [5.41, 5.74) is 3.14. The van der Waals surface area contributed by atoms with Crippen molar-refractivity contribution < 1.29 is 119 Å². The summed E-state index contributed by atoms with van der Waals surface area (Å²) in [7, 11) is -17.9. The minimum Gasteiger partial charge on any atom is -1.00 e. The molecule has 0 saturated heterocycles. The van der Waals surface area contributed by atoms with Crippen molar-refractivity contribution in [1.82, 2.24) is 10.6 Å². The molecule has 0 radical (unpaired) electrons. The maximum Gasteiger partial charge on any atom is 1.00 e. The Bertz CT molecular complexity index is 3080. The number of carbonyl (C=O) groups is 2. The van der Waals surface area contributed by atoms with Crippen LogP contribution in [0, 0.1) is 0 Å². The molecule has 0 fully saturated rings. The Kier molecular flexibility index (Phi) is 18.5. The molecule has 5 rings (SSSR count). The molecule has 2 heterocycles. The molecule has 2 aliphatic heterocycles. The second-order valence-electron chi connectivity index (χ2n) is 17.3. The van der Waals surface area contributed by atoms with Crippen molar-refractivity contribution in [2.24, 2.45) is 0 Å². The predicted octanol–water partition coefficient (Wildman–Crippen LogP) is 2.36. The van der Waals surface area contributed by atoms with E-state index in [-0.39, 0.29) is 107 Å². The maximum atomic E-state index is 13.2. The molecule has 6 N–H and O–H groups in total. The van der Waals surface area contributed by atoms with Crippen LogP contribution in [0.15, 0.2) is 113 Å². The van der Waals surface area contributed by atoms with E-state index in [2.05, 4.69) is 17.2 Å². The zero-order valence-corrected chi connectivity index (χ0v) is 44.9. The van der Waals surface area contributed by atoms with Crippen LogP contribution in [-0.4, -0.2) is 112 Å². The van der Waals surface area contributed by atoms with Crippen molar-refractivity contribution in [2.45, 2.75) is 74.5 Å². The van der Waals surface area contributed by atoms with Gasteiger partial charge in [-0.2, -0.15) is 38.2 Å². The molecule has 0 saturated carbocycles. The van der Waals surface area contributed by atoms with Gasteiger partial charge in [0.25, 0.3) is 46.4 Å². The molecule has 0 aliphatic carbocycles. The van der Waals surface area contributed by atoms with Crippen LogP contribution in [0.1, 0.15) is 82.4 Å². The molecule has 0 atom stereocenters. The molecule has 3 aromatic rings. The molecule has 2 amide bonds. The minimum absolute atomic E-state index is 0. The fraction of sp³-hybridized carbons (Fsp3) is 0.356. The molecule has 3 aromatic carbocycles. The van der Waals surface area contributed by atoms with Crippen molar-refractivity contribution in [3.05, 3.63) is 125 Å². The first-order chi connectivity index (χ1) is 30.9. The number of fused-ring (bicyclic) bond motifs is 2. The Balaban J connectivity index is 0.00000630. The Morgan fingerprint density at radius 2 is 1.28 bits per heavy atom. The molecule has 2 aliphatic rings. The van der Waals surface area contributed by atoms with E-state index < -0.39 is 62.8 Å². The summed E-state index contributed by atoms with van der Waals surface area (Å²) in [6.45, 7) is 13.2. The number of allylic oxidation sites excluding steroid dienone is 6. The molecule has 23 heteroatoms. The number of carbonyl (C=O) groups excluding carboxylic acids is 2.